The van der Waals surface area contributed by atoms with Crippen LogP contribution in [0.15, 0.2) is 41.6 Å². The van der Waals surface area contributed by atoms with Gasteiger partial charge in [0.2, 0.25) is 5.56 Å². The number of aromatic nitrogens is 3. The summed E-state index contributed by atoms with van der Waals surface area (Å²) in [5.41, 5.74) is -0.148. The molecule has 0 aliphatic heterocycles. The van der Waals surface area contributed by atoms with Crippen molar-refractivity contribution < 1.29 is 4.79 Å². The van der Waals surface area contributed by atoms with E-state index in [4.69, 9.17) is 0 Å². The van der Waals surface area contributed by atoms with Gasteiger partial charge in [0.25, 0.3) is 5.91 Å². The number of aromatic amines is 1. The van der Waals surface area contributed by atoms with Gasteiger partial charge in [-0.15, -0.1) is 0 Å². The maximum absolute atomic E-state index is 11.6. The van der Waals surface area contributed by atoms with E-state index >= 15 is 0 Å². The molecular formula is C10H8N4O2. The Bertz CT molecular complexity index is 550. The van der Waals surface area contributed by atoms with Gasteiger partial charge in [-0.05, 0) is 6.07 Å². The Morgan fingerprint density at radius 2 is 2.19 bits per heavy atom. The molecule has 2 aromatic rings. The molecule has 0 aliphatic carbocycles. The summed E-state index contributed by atoms with van der Waals surface area (Å²) in [7, 11) is 0. The molecule has 0 aromatic carbocycles. The largest absolute Gasteiger partial charge is 0.318 e. The van der Waals surface area contributed by atoms with Crippen molar-refractivity contribution in [3.05, 3.63) is 52.8 Å². The second kappa shape index (κ2) is 4.35. The van der Waals surface area contributed by atoms with Gasteiger partial charge in [0.15, 0.2) is 5.82 Å². The average molecular weight is 216 g/mol. The molecule has 6 nitrogen and oxygen atoms in total. The number of pyridine rings is 1. The van der Waals surface area contributed by atoms with E-state index in [0.717, 1.165) is 0 Å². The van der Waals surface area contributed by atoms with Crippen LogP contribution in [0.4, 0.5) is 5.82 Å². The molecule has 0 unspecified atom stereocenters. The van der Waals surface area contributed by atoms with E-state index in [9.17, 15) is 9.59 Å². The third-order valence-electron chi connectivity index (χ3n) is 1.82. The number of carbonyl (C=O) groups is 1. The predicted molar refractivity (Wildman–Crippen MR) is 57.0 cm³/mol. The molecule has 2 rings (SSSR count). The van der Waals surface area contributed by atoms with Gasteiger partial charge in [0.05, 0.1) is 6.20 Å². The molecule has 0 bridgehead atoms. The van der Waals surface area contributed by atoms with E-state index in [1.807, 2.05) is 0 Å². The number of nitrogens with one attached hydrogen (secondary N) is 2. The highest BCUT2D eigenvalue weighted by molar-refractivity contribution is 6.02. The van der Waals surface area contributed by atoms with Gasteiger partial charge < -0.3 is 10.3 Å². The first kappa shape index (κ1) is 10.0. The lowest BCUT2D eigenvalue weighted by Gasteiger charge is -2.02. The lowest BCUT2D eigenvalue weighted by atomic mass is 10.3. The molecule has 0 atom stereocenters. The number of carbonyl (C=O) groups excluding carboxylic acids is 1. The SMILES string of the molecule is O=C(Nc1cnccn1)c1cccc(=O)[nH]1. The van der Waals surface area contributed by atoms with Crippen molar-refractivity contribution in [3.63, 3.8) is 0 Å². The molecule has 2 heterocycles. The quantitative estimate of drug-likeness (QED) is 0.761. The van der Waals surface area contributed by atoms with Gasteiger partial charge >= 0.3 is 0 Å². The summed E-state index contributed by atoms with van der Waals surface area (Å²) in [5, 5.41) is 2.50. The zero-order chi connectivity index (χ0) is 11.4. The molecule has 0 radical (unpaired) electrons. The van der Waals surface area contributed by atoms with Crippen LogP contribution in [0.2, 0.25) is 0 Å². The fourth-order valence-electron chi connectivity index (χ4n) is 1.13. The molecule has 1 amide bonds. The van der Waals surface area contributed by atoms with Crippen LogP contribution in [-0.4, -0.2) is 20.9 Å². The number of hydrogen-bond acceptors (Lipinski definition) is 4. The molecule has 2 N–H and O–H groups in total. The second-order valence-electron chi connectivity index (χ2n) is 2.97. The smallest absolute Gasteiger partial charge is 0.273 e. The Labute approximate surface area is 90.4 Å². The molecule has 16 heavy (non-hydrogen) atoms. The van der Waals surface area contributed by atoms with Crippen LogP contribution in [0.5, 0.6) is 0 Å². The van der Waals surface area contributed by atoms with Crippen molar-refractivity contribution in [2.45, 2.75) is 0 Å². The van der Waals surface area contributed by atoms with E-state index in [1.54, 1.807) is 0 Å². The van der Waals surface area contributed by atoms with Crippen molar-refractivity contribution in [2.24, 2.45) is 0 Å². The molecule has 0 aliphatic rings. The van der Waals surface area contributed by atoms with E-state index in [1.165, 1.54) is 36.8 Å². The highest BCUT2D eigenvalue weighted by Gasteiger charge is 2.06. The van der Waals surface area contributed by atoms with Crippen molar-refractivity contribution >= 4 is 11.7 Å². The van der Waals surface area contributed by atoms with Crippen molar-refractivity contribution in [1.29, 1.82) is 0 Å². The van der Waals surface area contributed by atoms with Crippen LogP contribution in [0, 0.1) is 0 Å². The van der Waals surface area contributed by atoms with Gasteiger partial charge in [0.1, 0.15) is 5.69 Å². The number of anilines is 1. The highest BCUT2D eigenvalue weighted by Crippen LogP contribution is 2.00. The van der Waals surface area contributed by atoms with Gasteiger partial charge in [-0.1, -0.05) is 6.07 Å². The maximum atomic E-state index is 11.6. The first-order valence-corrected chi connectivity index (χ1v) is 4.52. The zero-order valence-corrected chi connectivity index (χ0v) is 8.18. The van der Waals surface area contributed by atoms with Crippen molar-refractivity contribution in [3.8, 4) is 0 Å². The Kier molecular flexibility index (Phi) is 2.73. The molecule has 80 valence electrons. The molecule has 0 saturated heterocycles. The number of H-pyrrole nitrogens is 1. The van der Waals surface area contributed by atoms with Crippen LogP contribution >= 0.6 is 0 Å². The van der Waals surface area contributed by atoms with Crippen LogP contribution in [-0.2, 0) is 0 Å². The van der Waals surface area contributed by atoms with Crippen LogP contribution in [0.25, 0.3) is 0 Å². The Hall–Kier alpha value is -2.50. The highest BCUT2D eigenvalue weighted by atomic mass is 16.2. The first-order valence-electron chi connectivity index (χ1n) is 4.52. The summed E-state index contributed by atoms with van der Waals surface area (Å²) in [4.78, 5) is 32.7. The Morgan fingerprint density at radius 1 is 1.31 bits per heavy atom. The first-order chi connectivity index (χ1) is 7.75. The fraction of sp³-hybridized carbons (Fsp3) is 0. The van der Waals surface area contributed by atoms with Crippen LogP contribution in [0.1, 0.15) is 10.5 Å². The number of rotatable bonds is 2. The Balaban J connectivity index is 2.18. The molecule has 0 saturated carbocycles. The second-order valence-corrected chi connectivity index (χ2v) is 2.97. The lowest BCUT2D eigenvalue weighted by molar-refractivity contribution is 0.102. The molecular weight excluding hydrogens is 208 g/mol. The maximum Gasteiger partial charge on any atom is 0.273 e. The zero-order valence-electron chi connectivity index (χ0n) is 8.18. The van der Waals surface area contributed by atoms with Crippen LogP contribution in [0.3, 0.4) is 0 Å². The number of amides is 1. The average Bonchev–Trinajstić information content (AvgIpc) is 2.30. The minimum absolute atomic E-state index is 0.179. The summed E-state index contributed by atoms with van der Waals surface area (Å²) in [6.45, 7) is 0. The predicted octanol–water partition coefficient (Wildman–Crippen LogP) is 0.417. The number of hydrogen-bond donors (Lipinski definition) is 2. The molecule has 0 spiro atoms. The fourth-order valence-corrected chi connectivity index (χ4v) is 1.13. The number of nitrogens with zero attached hydrogens (tertiary/aromatic N) is 2. The van der Waals surface area contributed by atoms with E-state index < -0.39 is 5.91 Å². The van der Waals surface area contributed by atoms with Crippen LogP contribution < -0.4 is 10.9 Å². The van der Waals surface area contributed by atoms with Gasteiger partial charge in [-0.3, -0.25) is 14.6 Å². The normalized spacial score (nSPS) is 9.75. The third-order valence-corrected chi connectivity index (χ3v) is 1.82. The van der Waals surface area contributed by atoms with E-state index in [2.05, 4.69) is 20.3 Å². The minimum atomic E-state index is -0.432. The standard InChI is InChI=1S/C10H8N4O2/c15-9-3-1-2-7(13-9)10(16)14-8-6-11-4-5-12-8/h1-6H,(H,13,15)(H,12,14,16). The minimum Gasteiger partial charge on any atom is -0.318 e. The van der Waals surface area contributed by atoms with Gasteiger partial charge in [-0.2, -0.15) is 0 Å². The molecule has 0 fully saturated rings. The van der Waals surface area contributed by atoms with Crippen molar-refractivity contribution in [2.75, 3.05) is 5.32 Å². The lowest BCUT2D eigenvalue weighted by Crippen LogP contribution is -2.18. The van der Waals surface area contributed by atoms with Gasteiger partial charge in [0, 0.05) is 18.5 Å². The molecule has 6 heteroatoms. The van der Waals surface area contributed by atoms with Gasteiger partial charge in [-0.25, -0.2) is 4.98 Å². The molecule has 2 aromatic heterocycles. The monoisotopic (exact) mass is 216 g/mol. The third kappa shape index (κ3) is 2.30. The summed E-state index contributed by atoms with van der Waals surface area (Å²) in [5.74, 6) is -0.101. The Morgan fingerprint density at radius 3 is 2.88 bits per heavy atom. The van der Waals surface area contributed by atoms with E-state index in [0.29, 0.717) is 5.82 Å². The summed E-state index contributed by atoms with van der Waals surface area (Å²) in [6.07, 6.45) is 4.38. The summed E-state index contributed by atoms with van der Waals surface area (Å²) >= 11 is 0. The van der Waals surface area contributed by atoms with Crippen molar-refractivity contribution in [1.82, 2.24) is 15.0 Å². The summed E-state index contributed by atoms with van der Waals surface area (Å²) in [6, 6.07) is 4.34. The summed E-state index contributed by atoms with van der Waals surface area (Å²) < 4.78 is 0. The topological polar surface area (TPSA) is 87.7 Å². The van der Waals surface area contributed by atoms with E-state index in [-0.39, 0.29) is 11.3 Å².